The van der Waals surface area contributed by atoms with Crippen LogP contribution < -0.4 is 10.3 Å². The van der Waals surface area contributed by atoms with E-state index in [2.05, 4.69) is 5.43 Å². The third-order valence-corrected chi connectivity index (χ3v) is 4.72. The second-order valence-corrected chi connectivity index (χ2v) is 7.14. The van der Waals surface area contributed by atoms with E-state index in [0.29, 0.717) is 5.56 Å². The van der Waals surface area contributed by atoms with E-state index in [1.54, 1.807) is 19.1 Å². The number of nitrogens with one attached hydrogen (secondary N) is 2. The van der Waals surface area contributed by atoms with Gasteiger partial charge in [0.25, 0.3) is 15.9 Å². The lowest BCUT2D eigenvalue weighted by atomic mass is 10.1. The lowest BCUT2D eigenvalue weighted by molar-refractivity contribution is 0.0943. The molecular weight excluding hydrogens is 328 g/mol. The minimum Gasteiger partial charge on any atom is -0.295 e. The van der Waals surface area contributed by atoms with E-state index in [1.807, 2.05) is 17.8 Å². The van der Waals surface area contributed by atoms with Crippen molar-refractivity contribution in [3.8, 4) is 0 Å². The van der Waals surface area contributed by atoms with Crippen LogP contribution in [0.5, 0.6) is 0 Å². The number of hydrogen-bond donors (Lipinski definition) is 2. The number of ketones is 1. The summed E-state index contributed by atoms with van der Waals surface area (Å²) in [5.74, 6) is -0.801. The van der Waals surface area contributed by atoms with Gasteiger partial charge in [0.05, 0.1) is 4.90 Å². The Balaban J connectivity index is 2.16. The van der Waals surface area contributed by atoms with Gasteiger partial charge in [-0.15, -0.1) is 4.83 Å². The Morgan fingerprint density at radius 1 is 1.00 bits per heavy atom. The Morgan fingerprint density at radius 2 is 1.71 bits per heavy atom. The third-order valence-electron chi connectivity index (χ3n) is 3.48. The summed E-state index contributed by atoms with van der Waals surface area (Å²) >= 11 is 0. The van der Waals surface area contributed by atoms with Gasteiger partial charge in [0.2, 0.25) is 0 Å². The normalized spacial score (nSPS) is 11.1. The van der Waals surface area contributed by atoms with E-state index < -0.39 is 15.9 Å². The van der Waals surface area contributed by atoms with E-state index in [1.165, 1.54) is 31.2 Å². The molecule has 0 aromatic heterocycles. The molecule has 7 heteroatoms. The number of aryl methyl sites for hydroxylation is 2. The first-order chi connectivity index (χ1) is 11.2. The second-order valence-electron chi connectivity index (χ2n) is 5.46. The van der Waals surface area contributed by atoms with E-state index in [9.17, 15) is 18.0 Å². The van der Waals surface area contributed by atoms with Gasteiger partial charge < -0.3 is 0 Å². The van der Waals surface area contributed by atoms with Gasteiger partial charge in [0, 0.05) is 11.1 Å². The summed E-state index contributed by atoms with van der Waals surface area (Å²) in [5.41, 5.74) is 4.58. The van der Waals surface area contributed by atoms with Crippen LogP contribution in [-0.2, 0) is 10.0 Å². The predicted octanol–water partition coefficient (Wildman–Crippen LogP) is 2.13. The Morgan fingerprint density at radius 3 is 2.33 bits per heavy atom. The first-order valence-electron chi connectivity index (χ1n) is 7.21. The van der Waals surface area contributed by atoms with Gasteiger partial charge in [-0.2, -0.15) is 0 Å². The molecule has 0 radical (unpaired) electrons. The Hall–Kier alpha value is -2.51. The standard InChI is InChI=1S/C17H18N2O4S/c1-11-7-8-16(12(2)9-11)17(21)18-19-24(22,23)15-6-4-5-14(10-15)13(3)20/h4-10,19H,1-3H3,(H,18,21). The monoisotopic (exact) mass is 346 g/mol. The molecule has 0 heterocycles. The highest BCUT2D eigenvalue weighted by atomic mass is 32.2. The maximum Gasteiger partial charge on any atom is 0.266 e. The number of carbonyl (C=O) groups is 2. The van der Waals surface area contributed by atoms with Gasteiger partial charge in [-0.05, 0) is 44.5 Å². The molecular formula is C17H18N2O4S. The van der Waals surface area contributed by atoms with Gasteiger partial charge in [-0.25, -0.2) is 8.42 Å². The lowest BCUT2D eigenvalue weighted by Gasteiger charge is -2.11. The molecule has 0 spiro atoms. The third kappa shape index (κ3) is 4.06. The average molecular weight is 346 g/mol. The van der Waals surface area contributed by atoms with E-state index in [0.717, 1.165) is 11.1 Å². The van der Waals surface area contributed by atoms with Crippen molar-refractivity contribution < 1.29 is 18.0 Å². The number of hydrogen-bond acceptors (Lipinski definition) is 4. The molecule has 0 unspecified atom stereocenters. The first kappa shape index (κ1) is 17.8. The molecule has 0 bridgehead atoms. The van der Waals surface area contributed by atoms with E-state index in [4.69, 9.17) is 0 Å². The quantitative estimate of drug-likeness (QED) is 0.641. The van der Waals surface area contributed by atoms with Crippen LogP contribution >= 0.6 is 0 Å². The number of carbonyl (C=O) groups excluding carboxylic acids is 2. The van der Waals surface area contributed by atoms with Crippen molar-refractivity contribution in [2.75, 3.05) is 0 Å². The zero-order valence-corrected chi connectivity index (χ0v) is 14.4. The smallest absolute Gasteiger partial charge is 0.266 e. The van der Waals surface area contributed by atoms with Crippen LogP contribution in [0.15, 0.2) is 47.4 Å². The molecule has 6 nitrogen and oxygen atoms in total. The van der Waals surface area contributed by atoms with Gasteiger partial charge in [0.1, 0.15) is 0 Å². The maximum atomic E-state index is 12.2. The summed E-state index contributed by atoms with van der Waals surface area (Å²) < 4.78 is 24.5. The highest BCUT2D eigenvalue weighted by molar-refractivity contribution is 7.89. The molecule has 2 rings (SSSR count). The zero-order valence-electron chi connectivity index (χ0n) is 13.6. The average Bonchev–Trinajstić information content (AvgIpc) is 2.53. The largest absolute Gasteiger partial charge is 0.295 e. The molecule has 0 aliphatic heterocycles. The van der Waals surface area contributed by atoms with Crippen molar-refractivity contribution in [1.29, 1.82) is 0 Å². The van der Waals surface area contributed by atoms with Gasteiger partial charge in [-0.3, -0.25) is 15.0 Å². The second kappa shape index (κ2) is 6.94. The van der Waals surface area contributed by atoms with Crippen LogP contribution in [0.25, 0.3) is 0 Å². The van der Waals surface area contributed by atoms with Gasteiger partial charge >= 0.3 is 0 Å². The molecule has 0 fully saturated rings. The van der Waals surface area contributed by atoms with Crippen LogP contribution in [-0.4, -0.2) is 20.1 Å². The maximum absolute atomic E-state index is 12.2. The highest BCUT2D eigenvalue weighted by Crippen LogP contribution is 2.12. The van der Waals surface area contributed by atoms with E-state index >= 15 is 0 Å². The summed E-state index contributed by atoms with van der Waals surface area (Å²) in [4.78, 5) is 25.4. The summed E-state index contributed by atoms with van der Waals surface area (Å²) in [6, 6.07) is 10.8. The molecule has 2 aromatic rings. The lowest BCUT2D eigenvalue weighted by Crippen LogP contribution is -2.41. The molecule has 24 heavy (non-hydrogen) atoms. The van der Waals surface area contributed by atoms with E-state index in [-0.39, 0.29) is 16.2 Å². The van der Waals surface area contributed by atoms with Crippen LogP contribution in [0.1, 0.15) is 38.8 Å². The number of benzene rings is 2. The molecule has 2 N–H and O–H groups in total. The molecule has 0 atom stereocenters. The summed E-state index contributed by atoms with van der Waals surface area (Å²) in [6.45, 7) is 5.02. The van der Waals surface area contributed by atoms with Crippen molar-refractivity contribution in [1.82, 2.24) is 10.3 Å². The zero-order chi connectivity index (χ0) is 17.9. The molecule has 0 aliphatic carbocycles. The van der Waals surface area contributed by atoms with Crippen LogP contribution in [0.4, 0.5) is 0 Å². The molecule has 126 valence electrons. The molecule has 2 aromatic carbocycles. The summed E-state index contributed by atoms with van der Waals surface area (Å²) in [6.07, 6.45) is 0. The minimum atomic E-state index is -3.97. The van der Waals surface area contributed by atoms with Crippen molar-refractivity contribution in [2.24, 2.45) is 0 Å². The molecule has 0 saturated carbocycles. The molecule has 0 saturated heterocycles. The highest BCUT2D eigenvalue weighted by Gasteiger charge is 2.17. The molecule has 1 amide bonds. The number of sulfonamides is 1. The van der Waals surface area contributed by atoms with Crippen molar-refractivity contribution in [2.45, 2.75) is 25.7 Å². The SMILES string of the molecule is CC(=O)c1cccc(S(=O)(=O)NNC(=O)c2ccc(C)cc2C)c1. The number of Topliss-reactive ketones (excluding diaryl/α,β-unsaturated/α-hetero) is 1. The minimum absolute atomic E-state index is 0.101. The number of hydrazine groups is 1. The van der Waals surface area contributed by atoms with Gasteiger partial charge in [-0.1, -0.05) is 29.8 Å². The topological polar surface area (TPSA) is 92.3 Å². The van der Waals surface area contributed by atoms with Crippen molar-refractivity contribution in [3.05, 3.63) is 64.7 Å². The fourth-order valence-corrected chi connectivity index (χ4v) is 3.08. The number of rotatable bonds is 5. The van der Waals surface area contributed by atoms with Crippen LogP contribution in [0.2, 0.25) is 0 Å². The van der Waals surface area contributed by atoms with Crippen molar-refractivity contribution >= 4 is 21.7 Å². The van der Waals surface area contributed by atoms with Gasteiger partial charge in [0.15, 0.2) is 5.78 Å². The summed E-state index contributed by atoms with van der Waals surface area (Å²) in [5, 5.41) is 0. The first-order valence-corrected chi connectivity index (χ1v) is 8.69. The predicted molar refractivity (Wildman–Crippen MR) is 90.2 cm³/mol. The van der Waals surface area contributed by atoms with Crippen LogP contribution in [0.3, 0.4) is 0 Å². The fourth-order valence-electron chi connectivity index (χ4n) is 2.19. The Labute approximate surface area is 140 Å². The summed E-state index contributed by atoms with van der Waals surface area (Å²) in [7, 11) is -3.97. The number of amides is 1. The molecule has 0 aliphatic rings. The Bertz CT molecular complexity index is 905. The van der Waals surface area contributed by atoms with Crippen LogP contribution in [0, 0.1) is 13.8 Å². The Kier molecular flexibility index (Phi) is 5.16. The van der Waals surface area contributed by atoms with Crippen molar-refractivity contribution in [3.63, 3.8) is 0 Å². The fraction of sp³-hybridized carbons (Fsp3) is 0.176.